The molecule has 0 saturated heterocycles. The Balaban J connectivity index is 3.11. The van der Waals surface area contributed by atoms with Crippen molar-refractivity contribution in [2.24, 2.45) is 0 Å². The topological polar surface area (TPSA) is 57.6 Å². The van der Waals surface area contributed by atoms with E-state index in [0.29, 0.717) is 5.56 Å². The van der Waals surface area contributed by atoms with Crippen molar-refractivity contribution >= 4 is 21.4 Å². The molecule has 0 radical (unpaired) electrons. The number of sulfonamides is 1. The molecule has 0 aliphatic rings. The molecule has 1 aromatic rings. The first-order valence-corrected chi connectivity index (χ1v) is 7.56. The Bertz CT molecular complexity index is 477. The van der Waals surface area contributed by atoms with E-state index < -0.39 is 10.0 Å². The minimum Gasteiger partial charge on any atom is -0.392 e. The van der Waals surface area contributed by atoms with Crippen molar-refractivity contribution in [1.29, 1.82) is 0 Å². The fourth-order valence-corrected chi connectivity index (χ4v) is 4.34. The van der Waals surface area contributed by atoms with Gasteiger partial charge < -0.3 is 5.11 Å². The van der Waals surface area contributed by atoms with E-state index in [1.54, 1.807) is 11.5 Å². The van der Waals surface area contributed by atoms with Crippen LogP contribution >= 0.6 is 11.3 Å². The van der Waals surface area contributed by atoms with E-state index >= 15 is 0 Å². The third kappa shape index (κ3) is 3.16. The lowest BCUT2D eigenvalue weighted by molar-refractivity contribution is 0.282. The van der Waals surface area contributed by atoms with E-state index in [9.17, 15) is 8.42 Å². The minimum absolute atomic E-state index is 0.127. The van der Waals surface area contributed by atoms with Crippen LogP contribution < -0.4 is 0 Å². The van der Waals surface area contributed by atoms with Gasteiger partial charge in [0.05, 0.1) is 6.61 Å². The van der Waals surface area contributed by atoms with Gasteiger partial charge in [-0.2, -0.15) is 4.31 Å². The lowest BCUT2D eigenvalue weighted by atomic mass is 10.4. The summed E-state index contributed by atoms with van der Waals surface area (Å²) < 4.78 is 26.2. The first-order valence-electron chi connectivity index (χ1n) is 5.24. The highest BCUT2D eigenvalue weighted by molar-refractivity contribution is 7.91. The summed E-state index contributed by atoms with van der Waals surface area (Å²) in [5, 5.41) is 10.6. The maximum Gasteiger partial charge on any atom is 0.253 e. The van der Waals surface area contributed by atoms with E-state index in [4.69, 9.17) is 5.11 Å². The van der Waals surface area contributed by atoms with E-state index in [2.05, 4.69) is 6.58 Å². The maximum atomic E-state index is 12.3. The van der Waals surface area contributed by atoms with Crippen LogP contribution in [0.2, 0.25) is 0 Å². The van der Waals surface area contributed by atoms with Crippen LogP contribution in [0, 0.1) is 0 Å². The first kappa shape index (κ1) is 14.4. The summed E-state index contributed by atoms with van der Waals surface area (Å²) in [7, 11) is -3.48. The molecule has 0 atom stereocenters. The molecule has 0 aliphatic heterocycles. The average molecular weight is 275 g/mol. The normalized spacial score (nSPS) is 12.3. The van der Waals surface area contributed by atoms with Crippen molar-refractivity contribution in [3.8, 4) is 0 Å². The average Bonchev–Trinajstić information content (AvgIpc) is 2.74. The molecule has 17 heavy (non-hydrogen) atoms. The molecule has 4 nitrogen and oxygen atoms in total. The van der Waals surface area contributed by atoms with Crippen LogP contribution in [-0.4, -0.2) is 30.4 Å². The lowest BCUT2D eigenvalue weighted by Crippen LogP contribution is -2.36. The lowest BCUT2D eigenvalue weighted by Gasteiger charge is -2.23. The molecule has 0 amide bonds. The van der Waals surface area contributed by atoms with Crippen molar-refractivity contribution in [3.63, 3.8) is 0 Å². The molecule has 0 aliphatic carbocycles. The first-order chi connectivity index (χ1) is 7.93. The summed E-state index contributed by atoms with van der Waals surface area (Å²) >= 11 is 1.13. The Labute approximate surface area is 106 Å². The molecule has 0 saturated carbocycles. The molecule has 1 rings (SSSR count). The molecule has 0 spiro atoms. The fraction of sp³-hybridized carbons (Fsp3) is 0.455. The van der Waals surface area contributed by atoms with Gasteiger partial charge in [-0.15, -0.1) is 17.9 Å². The van der Waals surface area contributed by atoms with E-state index in [1.165, 1.54) is 10.4 Å². The molecule has 1 N–H and O–H groups in total. The van der Waals surface area contributed by atoms with Crippen LogP contribution in [0.5, 0.6) is 0 Å². The quantitative estimate of drug-likeness (QED) is 0.806. The summed E-state index contributed by atoms with van der Waals surface area (Å²) in [5.74, 6) is 0. The summed E-state index contributed by atoms with van der Waals surface area (Å²) in [6.45, 7) is 7.35. The van der Waals surface area contributed by atoms with Gasteiger partial charge in [0.15, 0.2) is 0 Å². The number of aliphatic hydroxyl groups is 1. The second kappa shape index (κ2) is 5.77. The Morgan fingerprint density at radius 2 is 2.24 bits per heavy atom. The second-order valence-electron chi connectivity index (χ2n) is 3.89. The predicted molar refractivity (Wildman–Crippen MR) is 69.5 cm³/mol. The maximum absolute atomic E-state index is 12.3. The fourth-order valence-electron chi connectivity index (χ4n) is 1.40. The van der Waals surface area contributed by atoms with Gasteiger partial charge in [-0.1, -0.05) is 6.08 Å². The van der Waals surface area contributed by atoms with Crippen LogP contribution in [0.25, 0.3) is 0 Å². The van der Waals surface area contributed by atoms with Crippen molar-refractivity contribution < 1.29 is 13.5 Å². The highest BCUT2D eigenvalue weighted by Crippen LogP contribution is 2.25. The van der Waals surface area contributed by atoms with Crippen LogP contribution in [-0.2, 0) is 16.6 Å². The van der Waals surface area contributed by atoms with Gasteiger partial charge >= 0.3 is 0 Å². The number of hydrogen-bond donors (Lipinski definition) is 1. The van der Waals surface area contributed by atoms with Gasteiger partial charge in [0, 0.05) is 12.6 Å². The molecule has 0 fully saturated rings. The van der Waals surface area contributed by atoms with Crippen molar-refractivity contribution in [2.45, 2.75) is 30.7 Å². The Morgan fingerprint density at radius 3 is 2.65 bits per heavy atom. The number of aliphatic hydroxyl groups excluding tert-OH is 1. The number of rotatable bonds is 6. The largest absolute Gasteiger partial charge is 0.392 e. The van der Waals surface area contributed by atoms with Gasteiger partial charge in [-0.3, -0.25) is 0 Å². The summed E-state index contributed by atoms with van der Waals surface area (Å²) in [6.07, 6.45) is 1.57. The summed E-state index contributed by atoms with van der Waals surface area (Å²) in [6, 6.07) is 1.39. The Morgan fingerprint density at radius 1 is 1.59 bits per heavy atom. The van der Waals surface area contributed by atoms with Gasteiger partial charge in [0.2, 0.25) is 0 Å². The van der Waals surface area contributed by atoms with E-state index in [0.717, 1.165) is 11.3 Å². The summed E-state index contributed by atoms with van der Waals surface area (Å²) in [4.78, 5) is 0. The molecule has 96 valence electrons. The van der Waals surface area contributed by atoms with Crippen LogP contribution in [0.3, 0.4) is 0 Å². The highest BCUT2D eigenvalue weighted by Gasteiger charge is 2.27. The number of hydrogen-bond acceptors (Lipinski definition) is 4. The molecule has 1 aromatic heterocycles. The van der Waals surface area contributed by atoms with Crippen molar-refractivity contribution in [2.75, 3.05) is 6.54 Å². The standard InChI is InChI=1S/C11H17NO3S2/c1-4-5-12(9(2)3)17(14,15)11-6-10(7-13)8-16-11/h4,6,8-9,13H,1,5,7H2,2-3H3. The third-order valence-electron chi connectivity index (χ3n) is 2.26. The van der Waals surface area contributed by atoms with Crippen LogP contribution in [0.4, 0.5) is 0 Å². The SMILES string of the molecule is C=CCN(C(C)C)S(=O)(=O)c1cc(CO)cs1. The van der Waals surface area contributed by atoms with Gasteiger partial charge in [0.25, 0.3) is 10.0 Å². The highest BCUT2D eigenvalue weighted by atomic mass is 32.2. The van der Waals surface area contributed by atoms with Gasteiger partial charge in [-0.05, 0) is 30.9 Å². The van der Waals surface area contributed by atoms with Crippen molar-refractivity contribution in [1.82, 2.24) is 4.31 Å². The minimum atomic E-state index is -3.48. The number of thiophene rings is 1. The van der Waals surface area contributed by atoms with Crippen LogP contribution in [0.15, 0.2) is 28.3 Å². The number of nitrogens with zero attached hydrogens (tertiary/aromatic N) is 1. The molecule has 0 unspecified atom stereocenters. The molecule has 0 bridgehead atoms. The molecule has 1 heterocycles. The molecule has 0 aromatic carbocycles. The summed E-state index contributed by atoms with van der Waals surface area (Å²) in [5.41, 5.74) is 0.621. The van der Waals surface area contributed by atoms with Crippen LogP contribution in [0.1, 0.15) is 19.4 Å². The smallest absolute Gasteiger partial charge is 0.253 e. The monoisotopic (exact) mass is 275 g/mol. The Hall–Kier alpha value is -0.690. The van der Waals surface area contributed by atoms with Crippen molar-refractivity contribution in [3.05, 3.63) is 29.7 Å². The zero-order chi connectivity index (χ0) is 13.1. The zero-order valence-corrected chi connectivity index (χ0v) is 11.6. The molecular weight excluding hydrogens is 258 g/mol. The van der Waals surface area contributed by atoms with Gasteiger partial charge in [0.1, 0.15) is 4.21 Å². The molecule has 6 heteroatoms. The molecular formula is C11H17NO3S2. The Kier molecular flexibility index (Phi) is 4.88. The van der Waals surface area contributed by atoms with E-state index in [1.807, 2.05) is 13.8 Å². The predicted octanol–water partition coefficient (Wildman–Crippen LogP) is 1.83. The zero-order valence-electron chi connectivity index (χ0n) is 9.96. The van der Waals surface area contributed by atoms with E-state index in [-0.39, 0.29) is 23.4 Å². The van der Waals surface area contributed by atoms with Gasteiger partial charge in [-0.25, -0.2) is 8.42 Å². The second-order valence-corrected chi connectivity index (χ2v) is 6.92. The third-order valence-corrected chi connectivity index (χ3v) is 5.77.